The first kappa shape index (κ1) is 18.6. The summed E-state index contributed by atoms with van der Waals surface area (Å²) in [6.45, 7) is 5.07. The van der Waals surface area contributed by atoms with Crippen LogP contribution in [0.2, 0.25) is 0 Å². The third-order valence-corrected chi connectivity index (χ3v) is 3.70. The molecule has 1 aromatic heterocycles. The van der Waals surface area contributed by atoms with E-state index in [2.05, 4.69) is 15.5 Å². The highest BCUT2D eigenvalue weighted by atomic mass is 19.1. The van der Waals surface area contributed by atoms with E-state index in [0.29, 0.717) is 17.0 Å². The molecule has 1 amide bonds. The molecule has 0 saturated heterocycles. The summed E-state index contributed by atoms with van der Waals surface area (Å²) in [6.07, 6.45) is 0.212. The maximum absolute atomic E-state index is 13.3. The summed E-state index contributed by atoms with van der Waals surface area (Å²) >= 11 is 0. The van der Waals surface area contributed by atoms with Gasteiger partial charge in [-0.15, -0.1) is 0 Å². The van der Waals surface area contributed by atoms with Crippen LogP contribution in [0.4, 0.5) is 4.39 Å². The van der Waals surface area contributed by atoms with Crippen molar-refractivity contribution in [2.45, 2.75) is 39.7 Å². The molecule has 0 unspecified atom stereocenters. The number of nitrogens with zero attached hydrogens (tertiary/aromatic N) is 2. The van der Waals surface area contributed by atoms with Crippen LogP contribution in [0.15, 0.2) is 22.7 Å². The largest absolute Gasteiger partial charge is 0.480 e. The lowest BCUT2D eigenvalue weighted by Gasteiger charge is -2.17. The highest BCUT2D eigenvalue weighted by Gasteiger charge is 2.23. The van der Waals surface area contributed by atoms with Gasteiger partial charge in [0.1, 0.15) is 11.9 Å². The van der Waals surface area contributed by atoms with Gasteiger partial charge in [0.2, 0.25) is 17.6 Å². The van der Waals surface area contributed by atoms with E-state index in [1.54, 1.807) is 32.9 Å². The first-order chi connectivity index (χ1) is 11.8. The molecule has 0 bridgehead atoms. The van der Waals surface area contributed by atoms with Gasteiger partial charge in [0.05, 0.1) is 0 Å². The second kappa shape index (κ2) is 7.87. The lowest BCUT2D eigenvalue weighted by atomic mass is 10.0. The van der Waals surface area contributed by atoms with E-state index in [1.165, 1.54) is 6.07 Å². The minimum Gasteiger partial charge on any atom is -0.480 e. The Morgan fingerprint density at radius 2 is 2.08 bits per heavy atom. The number of benzene rings is 1. The Hall–Kier alpha value is -2.77. The number of halogens is 1. The van der Waals surface area contributed by atoms with Crippen LogP contribution in [0.25, 0.3) is 11.4 Å². The Balaban J connectivity index is 1.96. The fraction of sp³-hybridized carbons (Fsp3) is 0.412. The SMILES string of the molecule is Cc1cc(-c2noc(CCC(=O)N[C@@H](C(=O)O)C(C)C)n2)ccc1F. The van der Waals surface area contributed by atoms with Crippen molar-refractivity contribution in [3.8, 4) is 11.4 Å². The van der Waals surface area contributed by atoms with Gasteiger partial charge in [-0.1, -0.05) is 19.0 Å². The number of rotatable bonds is 7. The molecule has 1 aromatic carbocycles. The van der Waals surface area contributed by atoms with Crippen molar-refractivity contribution in [3.63, 3.8) is 0 Å². The number of carboxylic acid groups (broad SMARTS) is 1. The van der Waals surface area contributed by atoms with E-state index in [0.717, 1.165) is 0 Å². The predicted molar refractivity (Wildman–Crippen MR) is 87.2 cm³/mol. The number of amides is 1. The number of carbonyl (C=O) groups excluding carboxylic acids is 1. The first-order valence-electron chi connectivity index (χ1n) is 7.89. The van der Waals surface area contributed by atoms with E-state index >= 15 is 0 Å². The molecule has 7 nitrogen and oxygen atoms in total. The molecule has 1 heterocycles. The van der Waals surface area contributed by atoms with Crippen molar-refractivity contribution in [2.75, 3.05) is 0 Å². The summed E-state index contributed by atoms with van der Waals surface area (Å²) in [7, 11) is 0. The number of hydrogen-bond donors (Lipinski definition) is 2. The number of aliphatic carboxylic acids is 1. The highest BCUT2D eigenvalue weighted by Crippen LogP contribution is 2.19. The number of carbonyl (C=O) groups is 2. The van der Waals surface area contributed by atoms with E-state index in [4.69, 9.17) is 9.63 Å². The summed E-state index contributed by atoms with van der Waals surface area (Å²) in [6, 6.07) is 3.54. The molecular formula is C17H20FN3O4. The monoisotopic (exact) mass is 349 g/mol. The molecular weight excluding hydrogens is 329 g/mol. The minimum atomic E-state index is -1.07. The smallest absolute Gasteiger partial charge is 0.326 e. The minimum absolute atomic E-state index is 0.0284. The maximum atomic E-state index is 13.3. The van der Waals surface area contributed by atoms with Crippen molar-refractivity contribution in [1.29, 1.82) is 0 Å². The third kappa shape index (κ3) is 4.85. The zero-order valence-corrected chi connectivity index (χ0v) is 14.2. The topological polar surface area (TPSA) is 105 Å². The normalized spacial score (nSPS) is 12.2. The standard InChI is InChI=1S/C17H20FN3O4/c1-9(2)15(17(23)24)19-13(22)6-7-14-20-16(21-25-14)11-4-5-12(18)10(3)8-11/h4-5,8-9,15H,6-7H2,1-3H3,(H,19,22)(H,23,24)/t15-/m1/s1. The number of nitrogens with one attached hydrogen (secondary N) is 1. The Morgan fingerprint density at radius 3 is 2.68 bits per heavy atom. The van der Waals surface area contributed by atoms with Crippen LogP contribution >= 0.6 is 0 Å². The lowest BCUT2D eigenvalue weighted by molar-refractivity contribution is -0.143. The third-order valence-electron chi connectivity index (χ3n) is 3.70. The molecule has 25 heavy (non-hydrogen) atoms. The van der Waals surface area contributed by atoms with E-state index in [1.807, 2.05) is 0 Å². The second-order valence-electron chi connectivity index (χ2n) is 6.10. The molecule has 0 aliphatic rings. The summed E-state index contributed by atoms with van der Waals surface area (Å²) < 4.78 is 18.4. The molecule has 0 saturated carbocycles. The van der Waals surface area contributed by atoms with Crippen molar-refractivity contribution in [3.05, 3.63) is 35.5 Å². The molecule has 1 atom stereocenters. The summed E-state index contributed by atoms with van der Waals surface area (Å²) in [5.41, 5.74) is 1.08. The fourth-order valence-corrected chi connectivity index (χ4v) is 2.24. The molecule has 0 aliphatic heterocycles. The number of hydrogen-bond acceptors (Lipinski definition) is 5. The van der Waals surface area contributed by atoms with Crippen LogP contribution in [0.3, 0.4) is 0 Å². The maximum Gasteiger partial charge on any atom is 0.326 e. The summed E-state index contributed by atoms with van der Waals surface area (Å²) in [5.74, 6) is -1.46. The molecule has 134 valence electrons. The zero-order chi connectivity index (χ0) is 18.6. The second-order valence-corrected chi connectivity index (χ2v) is 6.10. The van der Waals surface area contributed by atoms with Crippen LogP contribution in [-0.4, -0.2) is 33.2 Å². The van der Waals surface area contributed by atoms with E-state index in [9.17, 15) is 14.0 Å². The van der Waals surface area contributed by atoms with Crippen LogP contribution in [-0.2, 0) is 16.0 Å². The summed E-state index contributed by atoms with van der Waals surface area (Å²) in [4.78, 5) is 27.1. The van der Waals surface area contributed by atoms with Crippen LogP contribution in [0, 0.1) is 18.7 Å². The number of aryl methyl sites for hydroxylation is 2. The molecule has 2 rings (SSSR count). The average Bonchev–Trinajstić information content (AvgIpc) is 3.01. The van der Waals surface area contributed by atoms with Gasteiger partial charge >= 0.3 is 5.97 Å². The van der Waals surface area contributed by atoms with Gasteiger partial charge in [-0.2, -0.15) is 4.98 Å². The molecule has 0 radical (unpaired) electrons. The molecule has 0 fully saturated rings. The first-order valence-corrected chi connectivity index (χ1v) is 7.89. The van der Waals surface area contributed by atoms with Gasteiger partial charge in [0, 0.05) is 18.4 Å². The van der Waals surface area contributed by atoms with E-state index < -0.39 is 17.9 Å². The average molecular weight is 349 g/mol. The lowest BCUT2D eigenvalue weighted by Crippen LogP contribution is -2.44. The Labute approximate surface area is 144 Å². The fourth-order valence-electron chi connectivity index (χ4n) is 2.24. The van der Waals surface area contributed by atoms with Gasteiger partial charge < -0.3 is 14.9 Å². The van der Waals surface area contributed by atoms with Crippen molar-refractivity contribution in [1.82, 2.24) is 15.5 Å². The molecule has 0 aliphatic carbocycles. The van der Waals surface area contributed by atoms with Crippen LogP contribution in [0.5, 0.6) is 0 Å². The van der Waals surface area contributed by atoms with Crippen molar-refractivity contribution < 1.29 is 23.6 Å². The zero-order valence-electron chi connectivity index (χ0n) is 14.2. The molecule has 2 aromatic rings. The number of carboxylic acids is 1. The number of aromatic nitrogens is 2. The summed E-state index contributed by atoms with van der Waals surface area (Å²) in [5, 5.41) is 15.4. The van der Waals surface area contributed by atoms with Crippen LogP contribution in [0.1, 0.15) is 31.7 Å². The molecule has 8 heteroatoms. The predicted octanol–water partition coefficient (Wildman–Crippen LogP) is 2.34. The Bertz CT molecular complexity index is 773. The van der Waals surface area contributed by atoms with Gasteiger partial charge in [-0.05, 0) is 36.6 Å². The quantitative estimate of drug-likeness (QED) is 0.795. The van der Waals surface area contributed by atoms with Gasteiger partial charge in [0.25, 0.3) is 0 Å². The van der Waals surface area contributed by atoms with Gasteiger partial charge in [0.15, 0.2) is 0 Å². The highest BCUT2D eigenvalue weighted by molar-refractivity contribution is 5.83. The van der Waals surface area contributed by atoms with Gasteiger partial charge in [-0.3, -0.25) is 4.79 Å². The molecule has 2 N–H and O–H groups in total. The van der Waals surface area contributed by atoms with Crippen molar-refractivity contribution >= 4 is 11.9 Å². The van der Waals surface area contributed by atoms with Crippen LogP contribution < -0.4 is 5.32 Å². The van der Waals surface area contributed by atoms with Crippen molar-refractivity contribution in [2.24, 2.45) is 5.92 Å². The Kier molecular flexibility index (Phi) is 5.84. The Morgan fingerprint density at radius 1 is 1.36 bits per heavy atom. The van der Waals surface area contributed by atoms with E-state index in [-0.39, 0.29) is 30.5 Å². The molecule has 0 spiro atoms. The van der Waals surface area contributed by atoms with Gasteiger partial charge in [-0.25, -0.2) is 9.18 Å².